The first-order chi connectivity index (χ1) is 12.3. The number of halogens is 1. The first-order valence-corrected chi connectivity index (χ1v) is 9.21. The van der Waals surface area contributed by atoms with E-state index in [0.29, 0.717) is 28.0 Å². The largest absolute Gasteiger partial charge is 0.462 e. The Balaban J connectivity index is 2.06. The van der Waals surface area contributed by atoms with E-state index >= 15 is 0 Å². The zero-order valence-electron chi connectivity index (χ0n) is 15.4. The minimum absolute atomic E-state index is 0.0473. The molecule has 0 aliphatic heterocycles. The molecular formula is C20H23ClN2O2S. The van der Waals surface area contributed by atoms with Crippen molar-refractivity contribution in [3.05, 3.63) is 63.7 Å². The van der Waals surface area contributed by atoms with Crippen molar-refractivity contribution in [1.29, 1.82) is 0 Å². The Hall–Kier alpha value is -2.11. The van der Waals surface area contributed by atoms with Crippen LogP contribution in [0.25, 0.3) is 0 Å². The number of hydrogen-bond donors (Lipinski definition) is 2. The van der Waals surface area contributed by atoms with Gasteiger partial charge in [0, 0.05) is 5.69 Å². The molecule has 1 atom stereocenters. The van der Waals surface area contributed by atoms with Gasteiger partial charge in [0.2, 0.25) is 0 Å². The molecule has 0 bridgehead atoms. The summed E-state index contributed by atoms with van der Waals surface area (Å²) in [5, 5.41) is 7.15. The van der Waals surface area contributed by atoms with Crippen LogP contribution >= 0.6 is 23.8 Å². The molecule has 2 rings (SSSR count). The van der Waals surface area contributed by atoms with E-state index in [4.69, 9.17) is 28.6 Å². The van der Waals surface area contributed by atoms with Crippen molar-refractivity contribution in [3.8, 4) is 0 Å². The number of nitrogens with one attached hydrogen (secondary N) is 2. The molecule has 0 saturated carbocycles. The molecule has 0 fully saturated rings. The maximum Gasteiger partial charge on any atom is 0.339 e. The molecule has 0 saturated heterocycles. The van der Waals surface area contributed by atoms with Crippen LogP contribution in [0.3, 0.4) is 0 Å². The van der Waals surface area contributed by atoms with Crippen LogP contribution in [-0.4, -0.2) is 17.7 Å². The Kier molecular flexibility index (Phi) is 7.00. The van der Waals surface area contributed by atoms with E-state index in [9.17, 15) is 4.79 Å². The second-order valence-electron chi connectivity index (χ2n) is 6.08. The van der Waals surface area contributed by atoms with Gasteiger partial charge < -0.3 is 15.4 Å². The summed E-state index contributed by atoms with van der Waals surface area (Å²) in [5.74, 6) is -0.455. The predicted molar refractivity (Wildman–Crippen MR) is 111 cm³/mol. The summed E-state index contributed by atoms with van der Waals surface area (Å²) in [4.78, 5) is 11.9. The van der Waals surface area contributed by atoms with Crippen LogP contribution in [0.2, 0.25) is 5.02 Å². The third-order valence-electron chi connectivity index (χ3n) is 4.10. The fraction of sp³-hybridized carbons (Fsp3) is 0.300. The molecule has 2 aromatic rings. The number of carbonyl (C=O) groups excluding carboxylic acids is 1. The first kappa shape index (κ1) is 20.2. The monoisotopic (exact) mass is 390 g/mol. The highest BCUT2D eigenvalue weighted by atomic mass is 35.5. The summed E-state index contributed by atoms with van der Waals surface area (Å²) in [6, 6.07) is 11.4. The fourth-order valence-electron chi connectivity index (χ4n) is 2.45. The lowest BCUT2D eigenvalue weighted by molar-refractivity contribution is 0.0526. The SMILES string of the molecule is CCOC(=O)c1cc(NC(=S)N[C@H](C)c2ccc(C)c(C)c2)ccc1Cl. The van der Waals surface area contributed by atoms with Crippen molar-refractivity contribution in [3.63, 3.8) is 0 Å². The van der Waals surface area contributed by atoms with Crippen molar-refractivity contribution >= 4 is 40.6 Å². The van der Waals surface area contributed by atoms with Crippen LogP contribution in [0.15, 0.2) is 36.4 Å². The van der Waals surface area contributed by atoms with Crippen molar-refractivity contribution in [1.82, 2.24) is 5.32 Å². The lowest BCUT2D eigenvalue weighted by atomic mass is 10.0. The number of thiocarbonyl (C=S) groups is 1. The predicted octanol–water partition coefficient (Wildman–Crippen LogP) is 5.18. The number of hydrogen-bond acceptors (Lipinski definition) is 3. The Bertz CT molecular complexity index is 823. The van der Waals surface area contributed by atoms with E-state index < -0.39 is 5.97 Å². The third kappa shape index (κ3) is 5.19. The lowest BCUT2D eigenvalue weighted by Crippen LogP contribution is -2.31. The highest BCUT2D eigenvalue weighted by Gasteiger charge is 2.13. The van der Waals surface area contributed by atoms with Crippen molar-refractivity contribution in [2.45, 2.75) is 33.7 Å². The molecule has 138 valence electrons. The second-order valence-corrected chi connectivity index (χ2v) is 6.89. The van der Waals surface area contributed by atoms with Crippen LogP contribution in [-0.2, 0) is 4.74 Å². The van der Waals surface area contributed by atoms with E-state index in [2.05, 4.69) is 42.7 Å². The Morgan fingerprint density at radius 3 is 2.58 bits per heavy atom. The highest BCUT2D eigenvalue weighted by molar-refractivity contribution is 7.80. The van der Waals surface area contributed by atoms with Crippen LogP contribution in [0.5, 0.6) is 0 Å². The zero-order chi connectivity index (χ0) is 19.3. The standard InChI is InChI=1S/C20H23ClN2O2S/c1-5-25-19(24)17-11-16(8-9-18(17)21)23-20(26)22-14(4)15-7-6-12(2)13(3)10-15/h6-11,14H,5H2,1-4H3,(H2,22,23,26)/t14-/m1/s1. The van der Waals surface area contributed by atoms with E-state index in [1.165, 1.54) is 11.1 Å². The summed E-state index contributed by atoms with van der Waals surface area (Å²) >= 11 is 11.5. The van der Waals surface area contributed by atoms with Crippen molar-refractivity contribution in [2.24, 2.45) is 0 Å². The van der Waals surface area contributed by atoms with Gasteiger partial charge in [-0.2, -0.15) is 0 Å². The molecule has 0 amide bonds. The van der Waals surface area contributed by atoms with Crippen molar-refractivity contribution < 1.29 is 9.53 Å². The number of carbonyl (C=O) groups is 1. The molecule has 0 unspecified atom stereocenters. The number of esters is 1. The number of ether oxygens (including phenoxy) is 1. The summed E-state index contributed by atoms with van der Waals surface area (Å²) in [5.41, 5.74) is 4.63. The Morgan fingerprint density at radius 1 is 1.19 bits per heavy atom. The van der Waals surface area contributed by atoms with Crippen LogP contribution in [0.4, 0.5) is 5.69 Å². The summed E-state index contributed by atoms with van der Waals surface area (Å²) in [7, 11) is 0. The number of benzene rings is 2. The first-order valence-electron chi connectivity index (χ1n) is 8.43. The minimum Gasteiger partial charge on any atom is -0.462 e. The smallest absolute Gasteiger partial charge is 0.339 e. The fourth-order valence-corrected chi connectivity index (χ4v) is 2.94. The molecule has 6 heteroatoms. The molecular weight excluding hydrogens is 368 g/mol. The average molecular weight is 391 g/mol. The molecule has 2 N–H and O–H groups in total. The quantitative estimate of drug-likeness (QED) is 0.544. The molecule has 0 aromatic heterocycles. The molecule has 26 heavy (non-hydrogen) atoms. The normalized spacial score (nSPS) is 11.6. The Morgan fingerprint density at radius 2 is 1.92 bits per heavy atom. The van der Waals surface area contributed by atoms with Gasteiger partial charge in [-0.1, -0.05) is 29.8 Å². The van der Waals surface area contributed by atoms with Gasteiger partial charge in [-0.3, -0.25) is 0 Å². The topological polar surface area (TPSA) is 50.4 Å². The maximum atomic E-state index is 11.9. The number of aryl methyl sites for hydroxylation is 2. The van der Waals surface area contributed by atoms with Crippen molar-refractivity contribution in [2.75, 3.05) is 11.9 Å². The highest BCUT2D eigenvalue weighted by Crippen LogP contribution is 2.22. The third-order valence-corrected chi connectivity index (χ3v) is 4.65. The van der Waals surface area contributed by atoms with Gasteiger partial charge in [-0.25, -0.2) is 4.79 Å². The van der Waals surface area contributed by atoms with Crippen LogP contribution in [0, 0.1) is 13.8 Å². The van der Waals surface area contributed by atoms with Gasteiger partial charge in [0.15, 0.2) is 5.11 Å². The number of rotatable bonds is 5. The lowest BCUT2D eigenvalue weighted by Gasteiger charge is -2.18. The van der Waals surface area contributed by atoms with Gasteiger partial charge in [-0.05, 0) is 74.8 Å². The van der Waals surface area contributed by atoms with Crippen LogP contribution in [0.1, 0.15) is 46.9 Å². The maximum absolute atomic E-state index is 11.9. The van der Waals surface area contributed by atoms with E-state index in [0.717, 1.165) is 5.56 Å². The van der Waals surface area contributed by atoms with Gasteiger partial charge in [0.25, 0.3) is 0 Å². The molecule has 4 nitrogen and oxygen atoms in total. The van der Waals surface area contributed by atoms with E-state index in [-0.39, 0.29) is 6.04 Å². The second kappa shape index (κ2) is 9.01. The van der Waals surface area contributed by atoms with Gasteiger partial charge in [0.05, 0.1) is 23.2 Å². The Labute approximate surface area is 164 Å². The molecule has 0 heterocycles. The van der Waals surface area contributed by atoms with E-state index in [1.807, 2.05) is 6.92 Å². The summed E-state index contributed by atoms with van der Waals surface area (Å²) in [6.07, 6.45) is 0. The minimum atomic E-state index is -0.455. The van der Waals surface area contributed by atoms with Gasteiger partial charge in [-0.15, -0.1) is 0 Å². The van der Waals surface area contributed by atoms with Gasteiger partial charge in [0.1, 0.15) is 0 Å². The van der Waals surface area contributed by atoms with Gasteiger partial charge >= 0.3 is 5.97 Å². The molecule has 2 aromatic carbocycles. The van der Waals surface area contributed by atoms with Crippen LogP contribution < -0.4 is 10.6 Å². The molecule has 0 aliphatic rings. The number of anilines is 1. The molecule has 0 aliphatic carbocycles. The van der Waals surface area contributed by atoms with E-state index in [1.54, 1.807) is 25.1 Å². The average Bonchev–Trinajstić information content (AvgIpc) is 2.59. The summed E-state index contributed by atoms with van der Waals surface area (Å²) < 4.78 is 5.01. The zero-order valence-corrected chi connectivity index (χ0v) is 16.9. The molecule has 0 spiro atoms. The summed E-state index contributed by atoms with van der Waals surface area (Å²) in [6.45, 7) is 8.27. The molecule has 0 radical (unpaired) electrons.